The minimum absolute atomic E-state index is 0.0883. The van der Waals surface area contributed by atoms with Crippen LogP contribution >= 0.6 is 11.3 Å². The number of benzene rings is 1. The topological polar surface area (TPSA) is 79.5 Å². The first-order chi connectivity index (χ1) is 14.7. The van der Waals surface area contributed by atoms with Gasteiger partial charge >= 0.3 is 0 Å². The maximum absolute atomic E-state index is 13.5. The smallest absolute Gasteiger partial charge is 0.283 e. The molecule has 2 N–H and O–H groups in total. The van der Waals surface area contributed by atoms with Crippen molar-refractivity contribution >= 4 is 43.8 Å². The zero-order valence-corrected chi connectivity index (χ0v) is 17.4. The molecule has 152 valence electrons. The SMILES string of the molecule is CC1CCc2c(sc3nc4c5ccccc5c(NC/C=C/C=C\O)nn4c(=O)c23)C1. The average molecular weight is 419 g/mol. The molecule has 0 bridgehead atoms. The first-order valence-corrected chi connectivity index (χ1v) is 10.9. The number of nitrogens with one attached hydrogen (secondary N) is 1. The van der Waals surface area contributed by atoms with E-state index >= 15 is 0 Å². The number of hydrogen-bond acceptors (Lipinski definition) is 6. The summed E-state index contributed by atoms with van der Waals surface area (Å²) in [7, 11) is 0. The summed E-state index contributed by atoms with van der Waals surface area (Å²) in [5.41, 5.74) is 1.68. The molecule has 1 aliphatic carbocycles. The van der Waals surface area contributed by atoms with Gasteiger partial charge in [0.1, 0.15) is 4.83 Å². The second-order valence-electron chi connectivity index (χ2n) is 7.73. The molecule has 7 heteroatoms. The maximum Gasteiger partial charge on any atom is 0.283 e. The Hall–Kier alpha value is -3.19. The lowest BCUT2D eigenvalue weighted by Crippen LogP contribution is -2.21. The van der Waals surface area contributed by atoms with Gasteiger partial charge in [0.2, 0.25) is 0 Å². The maximum atomic E-state index is 13.5. The average Bonchev–Trinajstić information content (AvgIpc) is 3.11. The molecule has 3 aromatic heterocycles. The molecule has 4 aromatic rings. The highest BCUT2D eigenvalue weighted by molar-refractivity contribution is 7.18. The van der Waals surface area contributed by atoms with Crippen LogP contribution in [0, 0.1) is 5.92 Å². The number of aromatic nitrogens is 3. The Morgan fingerprint density at radius 1 is 1.30 bits per heavy atom. The Kier molecular flexibility index (Phi) is 4.75. The van der Waals surface area contributed by atoms with Gasteiger partial charge in [-0.1, -0.05) is 43.3 Å². The lowest BCUT2D eigenvalue weighted by Gasteiger charge is -2.17. The van der Waals surface area contributed by atoms with Crippen LogP contribution in [0.4, 0.5) is 5.82 Å². The van der Waals surface area contributed by atoms with Gasteiger partial charge in [-0.15, -0.1) is 16.4 Å². The van der Waals surface area contributed by atoms with Crippen LogP contribution in [0.1, 0.15) is 23.8 Å². The molecule has 1 unspecified atom stereocenters. The molecule has 0 saturated heterocycles. The zero-order valence-electron chi connectivity index (χ0n) is 16.6. The predicted octanol–water partition coefficient (Wildman–Crippen LogP) is 4.62. The highest BCUT2D eigenvalue weighted by Crippen LogP contribution is 2.36. The molecule has 0 aliphatic heterocycles. The molecular formula is C23H22N4O2S. The Bertz CT molecular complexity index is 1380. The fraction of sp³-hybridized carbons (Fsp3) is 0.261. The van der Waals surface area contributed by atoms with E-state index in [1.807, 2.05) is 30.3 Å². The quantitative estimate of drug-likeness (QED) is 0.287. The van der Waals surface area contributed by atoms with Crippen molar-refractivity contribution in [2.24, 2.45) is 5.92 Å². The van der Waals surface area contributed by atoms with Crippen LogP contribution in [0.25, 0.3) is 26.6 Å². The second kappa shape index (κ2) is 7.57. The molecular weight excluding hydrogens is 396 g/mol. The largest absolute Gasteiger partial charge is 0.516 e. The molecule has 1 aromatic carbocycles. The molecule has 5 rings (SSSR count). The normalized spacial score (nSPS) is 16.9. The van der Waals surface area contributed by atoms with Crippen LogP contribution in [0.15, 0.2) is 53.6 Å². The van der Waals surface area contributed by atoms with Crippen LogP contribution in [0.5, 0.6) is 0 Å². The second-order valence-corrected chi connectivity index (χ2v) is 8.81. The van der Waals surface area contributed by atoms with E-state index in [0.29, 0.717) is 23.9 Å². The lowest BCUT2D eigenvalue weighted by atomic mass is 9.89. The number of rotatable bonds is 4. The lowest BCUT2D eigenvalue weighted by molar-refractivity contribution is 0.473. The van der Waals surface area contributed by atoms with E-state index < -0.39 is 0 Å². The van der Waals surface area contributed by atoms with Crippen LogP contribution in [-0.2, 0) is 12.8 Å². The van der Waals surface area contributed by atoms with E-state index in [9.17, 15) is 4.79 Å². The fourth-order valence-electron chi connectivity index (χ4n) is 4.17. The summed E-state index contributed by atoms with van der Waals surface area (Å²) in [5, 5.41) is 19.2. The number of aryl methyl sites for hydroxylation is 1. The molecule has 0 amide bonds. The Morgan fingerprint density at radius 3 is 2.97 bits per heavy atom. The van der Waals surface area contributed by atoms with Crippen molar-refractivity contribution < 1.29 is 5.11 Å². The fourth-order valence-corrected chi connectivity index (χ4v) is 5.54. The van der Waals surface area contributed by atoms with Crippen LogP contribution in [0.2, 0.25) is 0 Å². The molecule has 30 heavy (non-hydrogen) atoms. The summed E-state index contributed by atoms with van der Waals surface area (Å²) in [6.45, 7) is 2.78. The van der Waals surface area contributed by atoms with Gasteiger partial charge in [0.25, 0.3) is 5.56 Å². The zero-order chi connectivity index (χ0) is 20.7. The molecule has 1 atom stereocenters. The van der Waals surface area contributed by atoms with Crippen molar-refractivity contribution in [3.8, 4) is 0 Å². The number of anilines is 1. The third-order valence-electron chi connectivity index (χ3n) is 5.65. The monoisotopic (exact) mass is 418 g/mol. The van der Waals surface area contributed by atoms with Gasteiger partial charge in [-0.05, 0) is 36.8 Å². The summed E-state index contributed by atoms with van der Waals surface area (Å²) >= 11 is 1.66. The van der Waals surface area contributed by atoms with E-state index in [1.54, 1.807) is 23.5 Å². The Balaban J connectivity index is 1.73. The van der Waals surface area contributed by atoms with E-state index in [1.165, 1.54) is 15.0 Å². The van der Waals surface area contributed by atoms with E-state index in [2.05, 4.69) is 17.3 Å². The number of aliphatic hydroxyl groups is 1. The number of aliphatic hydroxyl groups excluding tert-OH is 1. The third kappa shape index (κ3) is 3.06. The van der Waals surface area contributed by atoms with Crippen molar-refractivity contribution in [2.75, 3.05) is 11.9 Å². The third-order valence-corrected chi connectivity index (χ3v) is 6.80. The standard InChI is InChI=1S/C23H22N4O2S/c1-14-9-10-17-18(13-14)30-22-19(17)23(29)27-21(25-22)16-8-4-3-7-15(16)20(26-27)24-11-5-2-6-12-28/h2-8,12,14,28H,9-11,13H2,1H3,(H,24,26)/b5-2+,12-6-. The molecule has 0 fully saturated rings. The van der Waals surface area contributed by atoms with Gasteiger partial charge in [-0.2, -0.15) is 4.52 Å². The number of fused-ring (bicyclic) bond motifs is 6. The minimum Gasteiger partial charge on any atom is -0.516 e. The number of hydrogen-bond donors (Lipinski definition) is 2. The molecule has 0 spiro atoms. The highest BCUT2D eigenvalue weighted by Gasteiger charge is 2.24. The number of allylic oxidation sites excluding steroid dienone is 2. The Labute approximate surface area is 177 Å². The summed E-state index contributed by atoms with van der Waals surface area (Å²) in [4.78, 5) is 20.5. The van der Waals surface area contributed by atoms with Crippen molar-refractivity contribution in [1.82, 2.24) is 14.6 Å². The molecule has 6 nitrogen and oxygen atoms in total. The van der Waals surface area contributed by atoms with Crippen LogP contribution in [-0.4, -0.2) is 26.2 Å². The first kappa shape index (κ1) is 18.8. The van der Waals surface area contributed by atoms with Crippen molar-refractivity contribution in [3.05, 3.63) is 69.6 Å². The first-order valence-electron chi connectivity index (χ1n) is 10.1. The van der Waals surface area contributed by atoms with Gasteiger partial charge < -0.3 is 10.4 Å². The van der Waals surface area contributed by atoms with E-state index in [0.717, 1.165) is 46.5 Å². The molecule has 0 saturated carbocycles. The summed E-state index contributed by atoms with van der Waals surface area (Å²) in [6, 6.07) is 7.88. The van der Waals surface area contributed by atoms with Gasteiger partial charge in [-0.25, -0.2) is 4.98 Å². The van der Waals surface area contributed by atoms with Crippen molar-refractivity contribution in [2.45, 2.75) is 26.2 Å². The van der Waals surface area contributed by atoms with Crippen LogP contribution < -0.4 is 10.9 Å². The van der Waals surface area contributed by atoms with Crippen LogP contribution in [0.3, 0.4) is 0 Å². The number of thiophene rings is 1. The van der Waals surface area contributed by atoms with Gasteiger partial charge in [0.05, 0.1) is 11.6 Å². The van der Waals surface area contributed by atoms with Gasteiger partial charge in [0.15, 0.2) is 11.5 Å². The molecule has 3 heterocycles. The summed E-state index contributed by atoms with van der Waals surface area (Å²) in [6.07, 6.45) is 9.19. The predicted molar refractivity (Wildman–Crippen MR) is 123 cm³/mol. The van der Waals surface area contributed by atoms with Crippen molar-refractivity contribution in [1.29, 1.82) is 0 Å². The van der Waals surface area contributed by atoms with E-state index in [4.69, 9.17) is 10.1 Å². The van der Waals surface area contributed by atoms with E-state index in [-0.39, 0.29) is 5.56 Å². The summed E-state index contributed by atoms with van der Waals surface area (Å²) in [5.74, 6) is 1.28. The van der Waals surface area contributed by atoms with Gasteiger partial charge in [0, 0.05) is 22.2 Å². The van der Waals surface area contributed by atoms with Crippen molar-refractivity contribution in [3.63, 3.8) is 0 Å². The highest BCUT2D eigenvalue weighted by atomic mass is 32.1. The summed E-state index contributed by atoms with van der Waals surface area (Å²) < 4.78 is 1.45. The molecule has 1 aliphatic rings. The number of nitrogens with zero attached hydrogens (tertiary/aromatic N) is 3. The van der Waals surface area contributed by atoms with Gasteiger partial charge in [-0.3, -0.25) is 4.79 Å². The Morgan fingerprint density at radius 2 is 2.13 bits per heavy atom. The minimum atomic E-state index is -0.0883. The molecule has 0 radical (unpaired) electrons.